The third-order valence-electron chi connectivity index (χ3n) is 1.75. The third-order valence-corrected chi connectivity index (χ3v) is 2.67. The van der Waals surface area contributed by atoms with Gasteiger partial charge in [-0.05, 0) is 18.4 Å². The van der Waals surface area contributed by atoms with E-state index in [9.17, 15) is 4.79 Å². The number of H-pyrrole nitrogens is 1. The van der Waals surface area contributed by atoms with E-state index in [1.54, 1.807) is 6.20 Å². The molecule has 2 aromatic rings. The first-order chi connectivity index (χ1) is 6.33. The maximum absolute atomic E-state index is 11.6. The molecule has 4 heteroatoms. The van der Waals surface area contributed by atoms with Crippen LogP contribution in [0, 0.1) is 0 Å². The molecule has 1 N–H and O–H groups in total. The molecule has 0 radical (unpaired) electrons. The molecule has 0 fully saturated rings. The molecule has 68 valence electrons. The first-order valence-electron chi connectivity index (χ1n) is 4.04. The maximum Gasteiger partial charge on any atom is 0.241 e. The Bertz CT molecular complexity index is 472. The standard InChI is InChI=1S/C9H9NO2S/c1-2-12-7-5-10-6-3-4-13-9(6)8(7)11/h3-5H,2H2,1H3,(H,10,11). The number of aromatic amines is 1. The van der Waals surface area contributed by atoms with E-state index in [2.05, 4.69) is 4.98 Å². The topological polar surface area (TPSA) is 42.1 Å². The number of nitrogens with one attached hydrogen (secondary N) is 1. The Morgan fingerprint density at radius 3 is 3.23 bits per heavy atom. The van der Waals surface area contributed by atoms with Crippen LogP contribution in [0.1, 0.15) is 6.92 Å². The van der Waals surface area contributed by atoms with Crippen molar-refractivity contribution in [2.75, 3.05) is 6.61 Å². The fourth-order valence-electron chi connectivity index (χ4n) is 1.18. The molecule has 3 nitrogen and oxygen atoms in total. The quantitative estimate of drug-likeness (QED) is 0.796. The summed E-state index contributed by atoms with van der Waals surface area (Å²) < 4.78 is 5.90. The van der Waals surface area contributed by atoms with Gasteiger partial charge in [-0.25, -0.2) is 0 Å². The molecule has 2 aromatic heterocycles. The zero-order valence-corrected chi connectivity index (χ0v) is 7.98. The normalized spacial score (nSPS) is 10.5. The Balaban J connectivity index is 2.67. The van der Waals surface area contributed by atoms with Gasteiger partial charge in [-0.2, -0.15) is 0 Å². The van der Waals surface area contributed by atoms with Crippen molar-refractivity contribution in [3.05, 3.63) is 27.9 Å². The molecule has 13 heavy (non-hydrogen) atoms. The lowest BCUT2D eigenvalue weighted by molar-refractivity contribution is 0.336. The summed E-state index contributed by atoms with van der Waals surface area (Å²) in [6, 6.07) is 1.89. The molecule has 0 aliphatic carbocycles. The highest BCUT2D eigenvalue weighted by molar-refractivity contribution is 7.17. The second-order valence-electron chi connectivity index (χ2n) is 2.58. The van der Waals surface area contributed by atoms with E-state index >= 15 is 0 Å². The van der Waals surface area contributed by atoms with Crippen molar-refractivity contribution in [2.45, 2.75) is 6.92 Å². The minimum Gasteiger partial charge on any atom is -0.488 e. The van der Waals surface area contributed by atoms with Crippen LogP contribution in [-0.4, -0.2) is 11.6 Å². The molecule has 0 aromatic carbocycles. The van der Waals surface area contributed by atoms with Gasteiger partial charge in [0.2, 0.25) is 5.43 Å². The fraction of sp³-hybridized carbons (Fsp3) is 0.222. The van der Waals surface area contributed by atoms with Gasteiger partial charge in [0.1, 0.15) is 4.70 Å². The molecule has 0 amide bonds. The summed E-state index contributed by atoms with van der Waals surface area (Å²) in [6.45, 7) is 2.37. The van der Waals surface area contributed by atoms with Gasteiger partial charge in [0, 0.05) is 6.20 Å². The highest BCUT2D eigenvalue weighted by Crippen LogP contribution is 2.16. The number of pyridine rings is 1. The van der Waals surface area contributed by atoms with E-state index in [0.717, 1.165) is 10.2 Å². The third kappa shape index (κ3) is 1.33. The number of hydrogen-bond acceptors (Lipinski definition) is 3. The summed E-state index contributed by atoms with van der Waals surface area (Å²) in [5, 5.41) is 1.89. The summed E-state index contributed by atoms with van der Waals surface area (Å²) in [5.41, 5.74) is 0.851. The fourth-order valence-corrected chi connectivity index (χ4v) is 1.98. The average molecular weight is 195 g/mol. The minimum atomic E-state index is -0.0226. The van der Waals surface area contributed by atoms with Crippen molar-refractivity contribution in [3.63, 3.8) is 0 Å². The number of aromatic nitrogens is 1. The first kappa shape index (κ1) is 8.31. The second kappa shape index (κ2) is 3.22. The van der Waals surface area contributed by atoms with Gasteiger partial charge in [-0.15, -0.1) is 11.3 Å². The summed E-state index contributed by atoms with van der Waals surface area (Å²) in [7, 11) is 0. The molecule has 2 rings (SSSR count). The SMILES string of the molecule is CCOc1c[nH]c2ccsc2c1=O. The van der Waals surface area contributed by atoms with E-state index in [-0.39, 0.29) is 5.43 Å². The lowest BCUT2D eigenvalue weighted by Gasteiger charge is -2.00. The van der Waals surface area contributed by atoms with Crippen molar-refractivity contribution in [2.24, 2.45) is 0 Å². The van der Waals surface area contributed by atoms with Gasteiger partial charge < -0.3 is 9.72 Å². The average Bonchev–Trinajstić information content (AvgIpc) is 2.58. The molecule has 0 aliphatic rings. The number of fused-ring (bicyclic) bond motifs is 1. The Hall–Kier alpha value is -1.29. The molecule has 0 aliphatic heterocycles. The molecular weight excluding hydrogens is 186 g/mol. The summed E-state index contributed by atoms with van der Waals surface area (Å²) in [4.78, 5) is 14.7. The van der Waals surface area contributed by atoms with Crippen LogP contribution in [0.3, 0.4) is 0 Å². The highest BCUT2D eigenvalue weighted by Gasteiger charge is 2.05. The van der Waals surface area contributed by atoms with Crippen LogP contribution in [-0.2, 0) is 0 Å². The van der Waals surface area contributed by atoms with Crippen molar-refractivity contribution in [1.82, 2.24) is 4.98 Å². The highest BCUT2D eigenvalue weighted by atomic mass is 32.1. The van der Waals surface area contributed by atoms with E-state index in [1.807, 2.05) is 18.4 Å². The largest absolute Gasteiger partial charge is 0.488 e. The smallest absolute Gasteiger partial charge is 0.241 e. The van der Waals surface area contributed by atoms with Crippen LogP contribution in [0.15, 0.2) is 22.4 Å². The molecule has 0 saturated heterocycles. The summed E-state index contributed by atoms with van der Waals surface area (Å²) in [5.74, 6) is 0.400. The Morgan fingerprint density at radius 2 is 2.46 bits per heavy atom. The van der Waals surface area contributed by atoms with Crippen molar-refractivity contribution in [3.8, 4) is 5.75 Å². The number of rotatable bonds is 2. The van der Waals surface area contributed by atoms with Gasteiger partial charge in [-0.3, -0.25) is 4.79 Å². The van der Waals surface area contributed by atoms with Crippen LogP contribution >= 0.6 is 11.3 Å². The number of thiophene rings is 1. The van der Waals surface area contributed by atoms with Gasteiger partial charge in [0.05, 0.1) is 12.1 Å². The Kier molecular flexibility index (Phi) is 2.06. The van der Waals surface area contributed by atoms with Gasteiger partial charge in [0.15, 0.2) is 5.75 Å². The molecule has 0 atom stereocenters. The lowest BCUT2D eigenvalue weighted by Crippen LogP contribution is -2.07. The summed E-state index contributed by atoms with van der Waals surface area (Å²) >= 11 is 1.43. The zero-order valence-electron chi connectivity index (χ0n) is 7.16. The monoisotopic (exact) mass is 195 g/mol. The number of hydrogen-bond donors (Lipinski definition) is 1. The predicted molar refractivity (Wildman–Crippen MR) is 53.6 cm³/mol. The summed E-state index contributed by atoms with van der Waals surface area (Å²) in [6.07, 6.45) is 1.61. The van der Waals surface area contributed by atoms with Crippen LogP contribution in [0.4, 0.5) is 0 Å². The molecule has 2 heterocycles. The molecular formula is C9H9NO2S. The van der Waals surface area contributed by atoms with E-state index in [0.29, 0.717) is 12.4 Å². The van der Waals surface area contributed by atoms with E-state index in [1.165, 1.54) is 11.3 Å². The van der Waals surface area contributed by atoms with Crippen LogP contribution < -0.4 is 10.2 Å². The van der Waals surface area contributed by atoms with Gasteiger partial charge in [-0.1, -0.05) is 0 Å². The van der Waals surface area contributed by atoms with Crippen LogP contribution in [0.2, 0.25) is 0 Å². The van der Waals surface area contributed by atoms with Crippen molar-refractivity contribution >= 4 is 21.6 Å². The van der Waals surface area contributed by atoms with Crippen LogP contribution in [0.5, 0.6) is 5.75 Å². The predicted octanol–water partition coefficient (Wildman–Crippen LogP) is 1.99. The Labute approximate surface area is 79.0 Å². The van der Waals surface area contributed by atoms with E-state index < -0.39 is 0 Å². The van der Waals surface area contributed by atoms with Crippen molar-refractivity contribution in [1.29, 1.82) is 0 Å². The second-order valence-corrected chi connectivity index (χ2v) is 3.49. The molecule has 0 saturated carbocycles. The lowest BCUT2D eigenvalue weighted by atomic mass is 10.4. The zero-order chi connectivity index (χ0) is 9.26. The minimum absolute atomic E-state index is 0.0226. The molecule has 0 spiro atoms. The van der Waals surface area contributed by atoms with Gasteiger partial charge in [0.25, 0.3) is 0 Å². The first-order valence-corrected chi connectivity index (χ1v) is 4.92. The van der Waals surface area contributed by atoms with Crippen molar-refractivity contribution < 1.29 is 4.74 Å². The molecule has 0 unspecified atom stereocenters. The van der Waals surface area contributed by atoms with Crippen LogP contribution in [0.25, 0.3) is 10.2 Å². The number of ether oxygens (including phenoxy) is 1. The molecule has 0 bridgehead atoms. The van der Waals surface area contributed by atoms with Gasteiger partial charge >= 0.3 is 0 Å². The maximum atomic E-state index is 11.6. The van der Waals surface area contributed by atoms with E-state index in [4.69, 9.17) is 4.74 Å². The Morgan fingerprint density at radius 1 is 1.62 bits per heavy atom.